The minimum Gasteiger partial charge on any atom is -0.347 e. The molecule has 0 fully saturated rings. The molecule has 0 radical (unpaired) electrons. The van der Waals surface area contributed by atoms with Crippen molar-refractivity contribution in [3.05, 3.63) is 200 Å². The van der Waals surface area contributed by atoms with E-state index in [0.717, 1.165) is 40.2 Å². The molecule has 302 valence electrons. The summed E-state index contributed by atoms with van der Waals surface area (Å²) in [5.41, 5.74) is 9.31. The number of aromatic nitrogens is 2. The second kappa shape index (κ2) is 16.1. The molecule has 2 aromatic heterocycles. The van der Waals surface area contributed by atoms with Crippen LogP contribution in [0.15, 0.2) is 182 Å². The van der Waals surface area contributed by atoms with E-state index in [4.69, 9.17) is 4.98 Å². The van der Waals surface area contributed by atoms with Crippen LogP contribution in [0.2, 0.25) is 0 Å². The van der Waals surface area contributed by atoms with Gasteiger partial charge in [0.25, 0.3) is 0 Å². The minimum absolute atomic E-state index is 0. The monoisotopic (exact) mass is 987 g/mol. The Bertz CT molecular complexity index is 2970. The Labute approximate surface area is 375 Å². The molecule has 0 N–H and O–H groups in total. The third-order valence-electron chi connectivity index (χ3n) is 12.3. The molecule has 3 heterocycles. The van der Waals surface area contributed by atoms with Crippen molar-refractivity contribution in [3.8, 4) is 16.9 Å². The number of rotatable bonds is 8. The molecule has 0 saturated carbocycles. The SMILES string of the molecule is CC(C)c1ccccc1-c1ccnc(-n2c3[c-]c([Si](c4[c-]c(N5CN(C(C)(C)C)c6ccccc65)ccc4)(c4ccccc4)c4ccccc4)ccc3c3ccccc32)c1.[Pt+2]. The Morgan fingerprint density at radius 1 is 0.607 bits per heavy atom. The molecule has 0 atom stereocenters. The number of fused-ring (bicyclic) bond motifs is 4. The first-order valence-electron chi connectivity index (χ1n) is 21.0. The Kier molecular flexibility index (Phi) is 10.7. The van der Waals surface area contributed by atoms with Crippen molar-refractivity contribution in [1.82, 2.24) is 9.55 Å². The fourth-order valence-electron chi connectivity index (χ4n) is 9.46. The number of pyridine rings is 1. The van der Waals surface area contributed by atoms with Gasteiger partial charge in [0, 0.05) is 17.3 Å². The third kappa shape index (κ3) is 6.85. The molecule has 1 aliphatic rings. The van der Waals surface area contributed by atoms with Crippen molar-refractivity contribution in [2.45, 2.75) is 46.1 Å². The van der Waals surface area contributed by atoms with E-state index in [1.807, 2.05) is 6.20 Å². The zero-order valence-electron chi connectivity index (χ0n) is 35.2. The van der Waals surface area contributed by atoms with Crippen LogP contribution >= 0.6 is 0 Å². The number of benzene rings is 7. The molecule has 0 spiro atoms. The van der Waals surface area contributed by atoms with Crippen LogP contribution in [0.3, 0.4) is 0 Å². The fraction of sp³-hybridized carbons (Fsp3) is 0.145. The molecule has 0 bridgehead atoms. The van der Waals surface area contributed by atoms with E-state index in [1.54, 1.807) is 0 Å². The zero-order valence-corrected chi connectivity index (χ0v) is 38.5. The molecule has 1 aliphatic heterocycles. The predicted octanol–water partition coefficient (Wildman–Crippen LogP) is 10.7. The Morgan fingerprint density at radius 3 is 1.97 bits per heavy atom. The standard InChI is InChI=1S/C55H48N4Si.Pt/c1-39(2)46-25-12-13-26-47(46)40-33-34-56-54(35-40)59-50-28-15-14-27-48(50)49-32-31-45(37-53(49)59)60(42-20-8-6-9-21-42,43-22-10-7-11-23-43)44-24-18-19-41(36-44)57-38-58(55(3,4)5)52-30-17-16-29-51(52)57;/h6-35,39H,38H2,1-5H3;/q-2;+2. The van der Waals surface area contributed by atoms with E-state index in [-0.39, 0.29) is 26.6 Å². The Hall–Kier alpha value is -6.00. The molecule has 0 amide bonds. The smallest absolute Gasteiger partial charge is 0.347 e. The average Bonchev–Trinajstić information content (AvgIpc) is 3.85. The number of para-hydroxylation sites is 3. The van der Waals surface area contributed by atoms with Crippen LogP contribution in [0.4, 0.5) is 17.1 Å². The molecule has 0 saturated heterocycles. The van der Waals surface area contributed by atoms with Gasteiger partial charge in [0.2, 0.25) is 0 Å². The van der Waals surface area contributed by atoms with E-state index in [2.05, 4.69) is 237 Å². The molecule has 6 heteroatoms. The average molecular weight is 988 g/mol. The molecule has 0 unspecified atom stereocenters. The molecule has 4 nitrogen and oxygen atoms in total. The summed E-state index contributed by atoms with van der Waals surface area (Å²) < 4.78 is 2.33. The topological polar surface area (TPSA) is 24.3 Å². The first-order valence-corrected chi connectivity index (χ1v) is 23.0. The van der Waals surface area contributed by atoms with E-state index in [9.17, 15) is 0 Å². The summed E-state index contributed by atoms with van der Waals surface area (Å²) in [6.45, 7) is 12.1. The van der Waals surface area contributed by atoms with Gasteiger partial charge in [0.15, 0.2) is 0 Å². The van der Waals surface area contributed by atoms with Gasteiger partial charge in [-0.15, -0.1) is 11.5 Å². The van der Waals surface area contributed by atoms with Gasteiger partial charge in [-0.1, -0.05) is 140 Å². The van der Waals surface area contributed by atoms with Crippen molar-refractivity contribution in [3.63, 3.8) is 0 Å². The number of nitrogens with zero attached hydrogens (tertiary/aromatic N) is 4. The van der Waals surface area contributed by atoms with Crippen LogP contribution in [-0.2, 0) is 21.1 Å². The summed E-state index contributed by atoms with van der Waals surface area (Å²) in [7, 11) is -3.09. The van der Waals surface area contributed by atoms with Gasteiger partial charge in [-0.2, -0.15) is 46.8 Å². The predicted molar refractivity (Wildman–Crippen MR) is 255 cm³/mol. The van der Waals surface area contributed by atoms with Crippen LogP contribution in [0.25, 0.3) is 38.8 Å². The molecule has 9 aromatic rings. The molecular weight excluding hydrogens is 940 g/mol. The number of hydrogen-bond donors (Lipinski definition) is 0. The summed E-state index contributed by atoms with van der Waals surface area (Å²) in [6, 6.07) is 72.6. The fourth-order valence-corrected chi connectivity index (χ4v) is 14.0. The van der Waals surface area contributed by atoms with Crippen LogP contribution in [0.5, 0.6) is 0 Å². The number of hydrogen-bond acceptors (Lipinski definition) is 3. The number of anilines is 3. The quantitative estimate of drug-likeness (QED) is 0.0861. The Balaban J connectivity index is 0.00000476. The van der Waals surface area contributed by atoms with E-state index < -0.39 is 8.07 Å². The van der Waals surface area contributed by atoms with E-state index in [0.29, 0.717) is 5.92 Å². The van der Waals surface area contributed by atoms with Crippen molar-refractivity contribution in [1.29, 1.82) is 0 Å². The van der Waals surface area contributed by atoms with Gasteiger partial charge in [-0.3, -0.25) is 0 Å². The summed E-state index contributed by atoms with van der Waals surface area (Å²) in [4.78, 5) is 10.0. The van der Waals surface area contributed by atoms with E-state index in [1.165, 1.54) is 48.6 Å². The van der Waals surface area contributed by atoms with Gasteiger partial charge in [-0.25, -0.2) is 4.98 Å². The summed E-state index contributed by atoms with van der Waals surface area (Å²) in [6.07, 6.45) is 1.96. The maximum atomic E-state index is 5.08. The van der Waals surface area contributed by atoms with Gasteiger partial charge >= 0.3 is 21.1 Å². The van der Waals surface area contributed by atoms with Crippen molar-refractivity contribution in [2.24, 2.45) is 0 Å². The maximum Gasteiger partial charge on any atom is 2.00 e. The van der Waals surface area contributed by atoms with Gasteiger partial charge < -0.3 is 14.4 Å². The van der Waals surface area contributed by atoms with Gasteiger partial charge in [-0.05, 0) is 89.5 Å². The van der Waals surface area contributed by atoms with Crippen LogP contribution in [0, 0.1) is 12.1 Å². The molecule has 7 aromatic carbocycles. The van der Waals surface area contributed by atoms with Crippen molar-refractivity contribution < 1.29 is 21.1 Å². The van der Waals surface area contributed by atoms with Crippen molar-refractivity contribution >= 4 is 67.7 Å². The first-order chi connectivity index (χ1) is 29.2. The largest absolute Gasteiger partial charge is 2.00 e. The second-order valence-electron chi connectivity index (χ2n) is 17.2. The molecule has 10 rings (SSSR count). The van der Waals surface area contributed by atoms with Crippen LogP contribution in [0.1, 0.15) is 46.1 Å². The first kappa shape index (κ1) is 40.4. The summed E-state index contributed by atoms with van der Waals surface area (Å²) >= 11 is 0. The minimum atomic E-state index is -3.09. The van der Waals surface area contributed by atoms with Crippen LogP contribution < -0.4 is 30.5 Å². The van der Waals surface area contributed by atoms with Crippen LogP contribution in [-0.4, -0.2) is 29.8 Å². The summed E-state index contributed by atoms with van der Waals surface area (Å²) in [5.74, 6) is 1.27. The third-order valence-corrected chi connectivity index (χ3v) is 16.9. The molecule has 61 heavy (non-hydrogen) atoms. The van der Waals surface area contributed by atoms with Crippen molar-refractivity contribution in [2.75, 3.05) is 16.5 Å². The summed E-state index contributed by atoms with van der Waals surface area (Å²) in [5, 5.41) is 7.26. The Morgan fingerprint density at radius 2 is 1.25 bits per heavy atom. The van der Waals surface area contributed by atoms with E-state index >= 15 is 0 Å². The normalized spacial score (nSPS) is 12.9. The zero-order chi connectivity index (χ0) is 41.0. The molecule has 0 aliphatic carbocycles. The van der Waals surface area contributed by atoms with Gasteiger partial charge in [0.05, 0.1) is 18.0 Å². The molecular formula is C55H48N4PtSi. The van der Waals surface area contributed by atoms with Gasteiger partial charge in [0.1, 0.15) is 13.9 Å². The maximum absolute atomic E-state index is 5.08. The second-order valence-corrected chi connectivity index (χ2v) is 21.0.